The van der Waals surface area contributed by atoms with Gasteiger partial charge in [0.2, 0.25) is 0 Å². The van der Waals surface area contributed by atoms with Gasteiger partial charge in [-0.1, -0.05) is 18.2 Å². The van der Waals surface area contributed by atoms with E-state index in [0.717, 1.165) is 27.7 Å². The van der Waals surface area contributed by atoms with Crippen LogP contribution in [0.15, 0.2) is 36.7 Å². The molecule has 0 atom stereocenters. The molecule has 0 bridgehead atoms. The van der Waals surface area contributed by atoms with Gasteiger partial charge in [-0.05, 0) is 6.07 Å². The van der Waals surface area contributed by atoms with Gasteiger partial charge in [0.15, 0.2) is 0 Å². The molecule has 2 N–H and O–H groups in total. The van der Waals surface area contributed by atoms with Crippen LogP contribution in [-0.4, -0.2) is 25.8 Å². The molecule has 3 rings (SSSR count). The van der Waals surface area contributed by atoms with E-state index in [2.05, 4.69) is 16.1 Å². The molecule has 2 aromatic heterocycles. The van der Waals surface area contributed by atoms with Crippen LogP contribution in [0.5, 0.6) is 0 Å². The molecule has 0 spiro atoms. The van der Waals surface area contributed by atoms with Crippen molar-refractivity contribution < 1.29 is 9.90 Å². The van der Waals surface area contributed by atoms with Gasteiger partial charge >= 0.3 is 5.97 Å². The number of para-hydroxylation sites is 1. The maximum absolute atomic E-state index is 10.7. The monoisotopic (exact) mass is 269 g/mol. The summed E-state index contributed by atoms with van der Waals surface area (Å²) in [5.41, 5.74) is 3.94. The Kier molecular flexibility index (Phi) is 3.02. The van der Waals surface area contributed by atoms with Gasteiger partial charge < -0.3 is 10.1 Å². The van der Waals surface area contributed by atoms with Crippen LogP contribution < -0.4 is 0 Å². The third-order valence-corrected chi connectivity index (χ3v) is 3.36. The summed E-state index contributed by atoms with van der Waals surface area (Å²) in [5.74, 6) is -0.805. The zero-order valence-corrected chi connectivity index (χ0v) is 11.1. The summed E-state index contributed by atoms with van der Waals surface area (Å²) >= 11 is 0. The van der Waals surface area contributed by atoms with Crippen LogP contribution in [0.25, 0.3) is 22.0 Å². The molecule has 0 aliphatic carbocycles. The maximum Gasteiger partial charge on any atom is 0.303 e. The van der Waals surface area contributed by atoms with Gasteiger partial charge in [0.1, 0.15) is 0 Å². The van der Waals surface area contributed by atoms with Crippen LogP contribution in [-0.2, 0) is 18.3 Å². The van der Waals surface area contributed by atoms with E-state index in [1.165, 1.54) is 0 Å². The Labute approximate surface area is 115 Å². The molecule has 0 saturated heterocycles. The summed E-state index contributed by atoms with van der Waals surface area (Å²) in [5, 5.41) is 14.3. The molecule has 5 heteroatoms. The molecule has 20 heavy (non-hydrogen) atoms. The van der Waals surface area contributed by atoms with Crippen molar-refractivity contribution in [2.24, 2.45) is 7.05 Å². The van der Waals surface area contributed by atoms with E-state index in [0.29, 0.717) is 6.42 Å². The maximum atomic E-state index is 10.7. The lowest BCUT2D eigenvalue weighted by Gasteiger charge is -1.99. The minimum Gasteiger partial charge on any atom is -0.481 e. The molecule has 0 aliphatic rings. The van der Waals surface area contributed by atoms with Crippen molar-refractivity contribution in [1.82, 2.24) is 14.8 Å². The fourth-order valence-electron chi connectivity index (χ4n) is 2.46. The number of carboxylic acid groups (broad SMARTS) is 1. The second kappa shape index (κ2) is 4.85. The van der Waals surface area contributed by atoms with Crippen LogP contribution in [0.1, 0.15) is 12.1 Å². The predicted molar refractivity (Wildman–Crippen MR) is 76.5 cm³/mol. The highest BCUT2D eigenvalue weighted by atomic mass is 16.4. The van der Waals surface area contributed by atoms with Crippen molar-refractivity contribution in [2.45, 2.75) is 12.8 Å². The van der Waals surface area contributed by atoms with Gasteiger partial charge in [0.05, 0.1) is 12.1 Å². The Hall–Kier alpha value is -2.56. The lowest BCUT2D eigenvalue weighted by molar-refractivity contribution is -0.136. The lowest BCUT2D eigenvalue weighted by Crippen LogP contribution is -1.99. The number of nitrogens with zero attached hydrogens (tertiary/aromatic N) is 2. The van der Waals surface area contributed by atoms with Crippen molar-refractivity contribution in [3.63, 3.8) is 0 Å². The summed E-state index contributed by atoms with van der Waals surface area (Å²) in [4.78, 5) is 14.0. The molecular weight excluding hydrogens is 254 g/mol. The third-order valence-electron chi connectivity index (χ3n) is 3.36. The van der Waals surface area contributed by atoms with Crippen LogP contribution in [0, 0.1) is 0 Å². The minimum absolute atomic E-state index is 0.0897. The first-order chi connectivity index (χ1) is 9.65. The summed E-state index contributed by atoms with van der Waals surface area (Å²) < 4.78 is 1.73. The van der Waals surface area contributed by atoms with Crippen molar-refractivity contribution in [2.75, 3.05) is 0 Å². The number of rotatable bonds is 4. The smallest absolute Gasteiger partial charge is 0.303 e. The van der Waals surface area contributed by atoms with Crippen LogP contribution in [0.4, 0.5) is 0 Å². The van der Waals surface area contributed by atoms with Crippen molar-refractivity contribution in [3.05, 3.63) is 42.4 Å². The van der Waals surface area contributed by atoms with Gasteiger partial charge in [-0.15, -0.1) is 0 Å². The van der Waals surface area contributed by atoms with E-state index < -0.39 is 5.97 Å². The Morgan fingerprint density at radius 2 is 2.15 bits per heavy atom. The topological polar surface area (TPSA) is 70.9 Å². The number of aromatic amines is 1. The molecule has 2 heterocycles. The molecule has 3 aromatic rings. The number of hydrogen-bond donors (Lipinski definition) is 2. The number of aryl methyl sites for hydroxylation is 2. The summed E-state index contributed by atoms with van der Waals surface area (Å²) in [6, 6.07) is 8.05. The Morgan fingerprint density at radius 1 is 1.35 bits per heavy atom. The SMILES string of the molecule is Cn1cc(-c2c[nH]c3ccccc23)c(CCC(=O)O)n1. The molecule has 0 saturated carbocycles. The fraction of sp³-hybridized carbons (Fsp3) is 0.200. The van der Waals surface area contributed by atoms with E-state index in [9.17, 15) is 4.79 Å². The van der Waals surface area contributed by atoms with Gasteiger partial charge in [-0.25, -0.2) is 0 Å². The van der Waals surface area contributed by atoms with Gasteiger partial charge in [-0.3, -0.25) is 9.48 Å². The standard InChI is InChI=1S/C15H15N3O2/c1-18-9-12(14(17-18)6-7-15(19)20)11-8-16-13-5-3-2-4-10(11)13/h2-5,8-9,16H,6-7H2,1H3,(H,19,20). The quantitative estimate of drug-likeness (QED) is 0.764. The van der Waals surface area contributed by atoms with E-state index >= 15 is 0 Å². The third kappa shape index (κ3) is 2.18. The van der Waals surface area contributed by atoms with Gasteiger partial charge in [-0.2, -0.15) is 5.10 Å². The van der Waals surface area contributed by atoms with E-state index in [1.807, 2.05) is 37.6 Å². The first-order valence-electron chi connectivity index (χ1n) is 6.46. The highest BCUT2D eigenvalue weighted by Crippen LogP contribution is 2.30. The van der Waals surface area contributed by atoms with Crippen molar-refractivity contribution in [3.8, 4) is 11.1 Å². The predicted octanol–water partition coefficient (Wildman–Crippen LogP) is 2.59. The van der Waals surface area contributed by atoms with Gasteiger partial charge in [0.25, 0.3) is 0 Å². The van der Waals surface area contributed by atoms with Crippen LogP contribution in [0.2, 0.25) is 0 Å². The Bertz CT molecular complexity index is 770. The number of fused-ring (bicyclic) bond motifs is 1. The first kappa shape index (κ1) is 12.5. The molecule has 0 unspecified atom stereocenters. The highest BCUT2D eigenvalue weighted by molar-refractivity contribution is 5.95. The number of aromatic nitrogens is 3. The van der Waals surface area contributed by atoms with Gasteiger partial charge in [0, 0.05) is 47.9 Å². The Balaban J connectivity index is 2.07. The molecule has 0 radical (unpaired) electrons. The van der Waals surface area contributed by atoms with Crippen LogP contribution >= 0.6 is 0 Å². The van der Waals surface area contributed by atoms with Crippen molar-refractivity contribution >= 4 is 16.9 Å². The minimum atomic E-state index is -0.805. The second-order valence-electron chi connectivity index (χ2n) is 4.80. The summed E-state index contributed by atoms with van der Waals surface area (Å²) in [6.45, 7) is 0. The average molecular weight is 269 g/mol. The van der Waals surface area contributed by atoms with Crippen LogP contribution in [0.3, 0.4) is 0 Å². The largest absolute Gasteiger partial charge is 0.481 e. The number of carbonyl (C=O) groups is 1. The summed E-state index contributed by atoms with van der Waals surface area (Å²) in [6.07, 6.45) is 4.41. The van der Waals surface area contributed by atoms with E-state index in [-0.39, 0.29) is 6.42 Å². The second-order valence-corrected chi connectivity index (χ2v) is 4.80. The number of benzene rings is 1. The number of nitrogens with one attached hydrogen (secondary N) is 1. The number of hydrogen-bond acceptors (Lipinski definition) is 2. The number of carboxylic acids is 1. The van der Waals surface area contributed by atoms with E-state index in [4.69, 9.17) is 5.11 Å². The zero-order chi connectivity index (χ0) is 14.1. The molecule has 0 fully saturated rings. The summed E-state index contributed by atoms with van der Waals surface area (Å²) in [7, 11) is 1.85. The number of H-pyrrole nitrogens is 1. The molecule has 0 amide bonds. The average Bonchev–Trinajstić information content (AvgIpc) is 2.99. The van der Waals surface area contributed by atoms with Crippen molar-refractivity contribution in [1.29, 1.82) is 0 Å². The molecular formula is C15H15N3O2. The lowest BCUT2D eigenvalue weighted by atomic mass is 10.0. The molecule has 5 nitrogen and oxygen atoms in total. The molecule has 1 aromatic carbocycles. The van der Waals surface area contributed by atoms with E-state index in [1.54, 1.807) is 4.68 Å². The molecule has 0 aliphatic heterocycles. The fourth-order valence-corrected chi connectivity index (χ4v) is 2.46. The highest BCUT2D eigenvalue weighted by Gasteiger charge is 2.14. The zero-order valence-electron chi connectivity index (χ0n) is 11.1. The molecule has 102 valence electrons. The normalized spacial score (nSPS) is 11.1. The first-order valence-corrected chi connectivity index (χ1v) is 6.46. The Morgan fingerprint density at radius 3 is 2.95 bits per heavy atom. The number of aliphatic carboxylic acids is 1.